The van der Waals surface area contributed by atoms with Crippen LogP contribution in [0.15, 0.2) is 36.5 Å². The van der Waals surface area contributed by atoms with Crippen molar-refractivity contribution in [2.24, 2.45) is 0 Å². The number of nitrogen functional groups attached to an aromatic ring is 1. The van der Waals surface area contributed by atoms with Crippen LogP contribution in [0.2, 0.25) is 0 Å². The van der Waals surface area contributed by atoms with Crippen molar-refractivity contribution in [3.63, 3.8) is 0 Å². The summed E-state index contributed by atoms with van der Waals surface area (Å²) in [5, 5.41) is 13.6. The molecule has 0 aliphatic heterocycles. The Morgan fingerprint density at radius 2 is 2.16 bits per heavy atom. The van der Waals surface area contributed by atoms with Crippen LogP contribution in [-0.4, -0.2) is 21.4 Å². The Labute approximate surface area is 109 Å². The zero-order chi connectivity index (χ0) is 13.7. The number of nitrogens with two attached hydrogens (primary N) is 1. The largest absolute Gasteiger partial charge is 0.378 e. The molecule has 0 unspecified atom stereocenters. The van der Waals surface area contributed by atoms with E-state index in [-0.39, 0.29) is 11.5 Å². The third-order valence-electron chi connectivity index (χ3n) is 2.51. The molecule has 0 atom stereocenters. The van der Waals surface area contributed by atoms with Gasteiger partial charge in [0, 0.05) is 30.9 Å². The standard InChI is InChI=1S/C12H13N5O2/c13-12-10(17(18)19)4-5-11(16-12)15-8-6-9-3-1-2-7-14-9/h1-5,7H,6,8H2,(H3,13,15,16). The molecule has 2 rings (SSSR count). The molecule has 3 N–H and O–H groups in total. The lowest BCUT2D eigenvalue weighted by atomic mass is 10.3. The fourth-order valence-electron chi connectivity index (χ4n) is 1.59. The molecule has 98 valence electrons. The van der Waals surface area contributed by atoms with Gasteiger partial charge in [0.1, 0.15) is 5.82 Å². The van der Waals surface area contributed by atoms with Crippen molar-refractivity contribution < 1.29 is 4.92 Å². The first-order valence-electron chi connectivity index (χ1n) is 5.71. The average Bonchev–Trinajstić information content (AvgIpc) is 2.39. The maximum absolute atomic E-state index is 10.6. The second kappa shape index (κ2) is 5.76. The lowest BCUT2D eigenvalue weighted by Gasteiger charge is -2.05. The molecule has 0 saturated carbocycles. The van der Waals surface area contributed by atoms with Crippen LogP contribution in [0.5, 0.6) is 0 Å². The Morgan fingerprint density at radius 3 is 2.79 bits per heavy atom. The molecule has 0 radical (unpaired) electrons. The molecule has 19 heavy (non-hydrogen) atoms. The Kier molecular flexibility index (Phi) is 3.87. The van der Waals surface area contributed by atoms with E-state index in [4.69, 9.17) is 5.73 Å². The van der Waals surface area contributed by atoms with Gasteiger partial charge in [0.2, 0.25) is 5.82 Å². The average molecular weight is 259 g/mol. The smallest absolute Gasteiger partial charge is 0.311 e. The van der Waals surface area contributed by atoms with Gasteiger partial charge in [-0.15, -0.1) is 0 Å². The molecule has 2 aromatic rings. The molecule has 0 aliphatic rings. The Hall–Kier alpha value is -2.70. The van der Waals surface area contributed by atoms with E-state index in [1.165, 1.54) is 12.1 Å². The third-order valence-corrected chi connectivity index (χ3v) is 2.51. The predicted molar refractivity (Wildman–Crippen MR) is 71.7 cm³/mol. The van der Waals surface area contributed by atoms with Gasteiger partial charge in [-0.3, -0.25) is 15.1 Å². The van der Waals surface area contributed by atoms with Crippen LogP contribution in [0, 0.1) is 10.1 Å². The highest BCUT2D eigenvalue weighted by atomic mass is 16.6. The topological polar surface area (TPSA) is 107 Å². The van der Waals surface area contributed by atoms with Gasteiger partial charge >= 0.3 is 5.69 Å². The minimum atomic E-state index is -0.556. The number of anilines is 2. The lowest BCUT2D eigenvalue weighted by Crippen LogP contribution is -2.08. The summed E-state index contributed by atoms with van der Waals surface area (Å²) in [7, 11) is 0. The molecular weight excluding hydrogens is 246 g/mol. The summed E-state index contributed by atoms with van der Waals surface area (Å²) in [6.45, 7) is 0.626. The Balaban J connectivity index is 1.93. The van der Waals surface area contributed by atoms with E-state index in [1.807, 2.05) is 18.2 Å². The van der Waals surface area contributed by atoms with E-state index < -0.39 is 4.92 Å². The molecule has 0 saturated heterocycles. The van der Waals surface area contributed by atoms with Crippen molar-refractivity contribution in [1.82, 2.24) is 9.97 Å². The molecule has 2 heterocycles. The summed E-state index contributed by atoms with van der Waals surface area (Å²) in [4.78, 5) is 18.2. The van der Waals surface area contributed by atoms with Crippen LogP contribution in [0.25, 0.3) is 0 Å². The summed E-state index contributed by atoms with van der Waals surface area (Å²) in [5.41, 5.74) is 6.28. The number of nitro groups is 1. The number of nitrogens with zero attached hydrogens (tertiary/aromatic N) is 3. The molecule has 7 nitrogen and oxygen atoms in total. The lowest BCUT2D eigenvalue weighted by molar-refractivity contribution is -0.384. The summed E-state index contributed by atoms with van der Waals surface area (Å²) < 4.78 is 0. The van der Waals surface area contributed by atoms with Gasteiger partial charge in [0.05, 0.1) is 4.92 Å². The Morgan fingerprint density at radius 1 is 1.32 bits per heavy atom. The van der Waals surface area contributed by atoms with Crippen LogP contribution in [-0.2, 0) is 6.42 Å². The number of rotatable bonds is 5. The van der Waals surface area contributed by atoms with E-state index in [0.29, 0.717) is 12.4 Å². The van der Waals surface area contributed by atoms with Crippen LogP contribution < -0.4 is 11.1 Å². The minimum absolute atomic E-state index is 0.0900. The second-order valence-electron chi connectivity index (χ2n) is 3.86. The Bertz CT molecular complexity index is 574. The van der Waals surface area contributed by atoms with Gasteiger partial charge in [-0.2, -0.15) is 0 Å². The molecule has 0 aromatic carbocycles. The van der Waals surface area contributed by atoms with Crippen LogP contribution >= 0.6 is 0 Å². The molecule has 0 aliphatic carbocycles. The quantitative estimate of drug-likeness (QED) is 0.624. The number of nitrogens with one attached hydrogen (secondary N) is 1. The summed E-state index contributed by atoms with van der Waals surface area (Å²) in [6.07, 6.45) is 2.47. The maximum atomic E-state index is 10.6. The fraction of sp³-hybridized carbons (Fsp3) is 0.167. The van der Waals surface area contributed by atoms with E-state index in [2.05, 4.69) is 15.3 Å². The van der Waals surface area contributed by atoms with Crippen molar-refractivity contribution >= 4 is 17.3 Å². The summed E-state index contributed by atoms with van der Waals surface area (Å²) >= 11 is 0. The highest BCUT2D eigenvalue weighted by Crippen LogP contribution is 2.20. The van der Waals surface area contributed by atoms with Gasteiger partial charge < -0.3 is 11.1 Å². The first kappa shape index (κ1) is 12.7. The molecule has 0 fully saturated rings. The van der Waals surface area contributed by atoms with Gasteiger partial charge in [0.25, 0.3) is 0 Å². The van der Waals surface area contributed by atoms with Crippen molar-refractivity contribution in [3.05, 3.63) is 52.3 Å². The summed E-state index contributed by atoms with van der Waals surface area (Å²) in [5.74, 6) is 0.423. The van der Waals surface area contributed by atoms with E-state index >= 15 is 0 Å². The number of aromatic nitrogens is 2. The number of hydrogen-bond donors (Lipinski definition) is 2. The number of pyridine rings is 2. The van der Waals surface area contributed by atoms with E-state index in [9.17, 15) is 10.1 Å². The first-order valence-corrected chi connectivity index (χ1v) is 5.71. The van der Waals surface area contributed by atoms with Gasteiger partial charge in [0.15, 0.2) is 0 Å². The van der Waals surface area contributed by atoms with E-state index in [0.717, 1.165) is 12.1 Å². The van der Waals surface area contributed by atoms with E-state index in [1.54, 1.807) is 6.20 Å². The monoisotopic (exact) mass is 259 g/mol. The maximum Gasteiger partial charge on any atom is 0.311 e. The fourth-order valence-corrected chi connectivity index (χ4v) is 1.59. The third kappa shape index (κ3) is 3.38. The van der Waals surface area contributed by atoms with Gasteiger partial charge in [-0.05, 0) is 18.2 Å². The SMILES string of the molecule is Nc1nc(NCCc2ccccn2)ccc1[N+](=O)[O-]. The van der Waals surface area contributed by atoms with Crippen LogP contribution in [0.3, 0.4) is 0 Å². The molecule has 2 aromatic heterocycles. The van der Waals surface area contributed by atoms with Gasteiger partial charge in [-0.1, -0.05) is 6.07 Å². The highest BCUT2D eigenvalue weighted by Gasteiger charge is 2.12. The van der Waals surface area contributed by atoms with Crippen LogP contribution in [0.4, 0.5) is 17.3 Å². The van der Waals surface area contributed by atoms with Crippen molar-refractivity contribution in [1.29, 1.82) is 0 Å². The van der Waals surface area contributed by atoms with Crippen LogP contribution in [0.1, 0.15) is 5.69 Å². The predicted octanol–water partition coefficient (Wildman–Crippen LogP) is 1.62. The van der Waals surface area contributed by atoms with Crippen molar-refractivity contribution in [2.75, 3.05) is 17.6 Å². The molecule has 0 bridgehead atoms. The molecule has 0 spiro atoms. The molecular formula is C12H13N5O2. The highest BCUT2D eigenvalue weighted by molar-refractivity contribution is 5.57. The van der Waals surface area contributed by atoms with Crippen molar-refractivity contribution in [2.45, 2.75) is 6.42 Å². The zero-order valence-electron chi connectivity index (χ0n) is 10.1. The second-order valence-corrected chi connectivity index (χ2v) is 3.86. The number of hydrogen-bond acceptors (Lipinski definition) is 6. The summed E-state index contributed by atoms with van der Waals surface area (Å²) in [6, 6.07) is 8.58. The van der Waals surface area contributed by atoms with Gasteiger partial charge in [-0.25, -0.2) is 4.98 Å². The normalized spacial score (nSPS) is 10.1. The molecule has 0 amide bonds. The first-order chi connectivity index (χ1) is 9.16. The van der Waals surface area contributed by atoms with Crippen molar-refractivity contribution in [3.8, 4) is 0 Å². The minimum Gasteiger partial charge on any atom is -0.378 e. The zero-order valence-corrected chi connectivity index (χ0v) is 10.1. The molecule has 7 heteroatoms.